The number of benzene rings is 1. The molecule has 1 unspecified atom stereocenters. The Hall–Kier alpha value is -3.79. The van der Waals surface area contributed by atoms with Gasteiger partial charge in [-0.15, -0.1) is 11.3 Å². The molecule has 0 saturated heterocycles. The van der Waals surface area contributed by atoms with Crippen LogP contribution in [0.4, 0.5) is 11.4 Å². The number of aromatic nitrogens is 4. The minimum atomic E-state index is -0.494. The summed E-state index contributed by atoms with van der Waals surface area (Å²) in [6.07, 6.45) is 2.97. The molecule has 10 heteroatoms. The van der Waals surface area contributed by atoms with Crippen LogP contribution in [0.5, 0.6) is 0 Å². The van der Waals surface area contributed by atoms with Crippen LogP contribution in [-0.4, -0.2) is 31.6 Å². The van der Waals surface area contributed by atoms with E-state index in [0.29, 0.717) is 28.7 Å². The number of hydrogen-bond donors (Lipinski definition) is 2. The molecule has 4 rings (SSSR count). The summed E-state index contributed by atoms with van der Waals surface area (Å²) < 4.78 is 7.15. The predicted molar refractivity (Wildman–Crippen MR) is 117 cm³/mol. The molecule has 0 fully saturated rings. The van der Waals surface area contributed by atoms with Crippen LogP contribution in [0, 0.1) is 6.92 Å². The van der Waals surface area contributed by atoms with Gasteiger partial charge in [-0.3, -0.25) is 9.59 Å². The number of thiophene rings is 1. The molecule has 158 valence electrons. The summed E-state index contributed by atoms with van der Waals surface area (Å²) in [6, 6.07) is 10.2. The van der Waals surface area contributed by atoms with Crippen LogP contribution >= 0.6 is 11.3 Å². The highest BCUT2D eigenvalue weighted by molar-refractivity contribution is 7.13. The number of anilines is 2. The topological polar surface area (TPSA) is 115 Å². The molecule has 2 N–H and O–H groups in total. The molecule has 0 aliphatic rings. The smallest absolute Gasteiger partial charge is 0.249 e. The molecule has 1 aromatic carbocycles. The highest BCUT2D eigenvalue weighted by Gasteiger charge is 2.17. The van der Waals surface area contributed by atoms with E-state index in [1.165, 1.54) is 28.7 Å². The monoisotopic (exact) mass is 436 g/mol. The molecule has 0 bridgehead atoms. The minimum Gasteiger partial charge on any atom is -0.440 e. The van der Waals surface area contributed by atoms with E-state index in [-0.39, 0.29) is 18.2 Å². The van der Waals surface area contributed by atoms with Gasteiger partial charge >= 0.3 is 0 Å². The summed E-state index contributed by atoms with van der Waals surface area (Å²) in [6.45, 7) is 3.53. The molecular formula is C21H20N6O3S. The maximum Gasteiger partial charge on any atom is 0.249 e. The number of nitrogens with zero attached hydrogens (tertiary/aromatic N) is 4. The Morgan fingerprint density at radius 2 is 1.90 bits per heavy atom. The van der Waals surface area contributed by atoms with Crippen molar-refractivity contribution in [1.82, 2.24) is 19.7 Å². The van der Waals surface area contributed by atoms with Crippen LogP contribution in [0.25, 0.3) is 10.8 Å². The Balaban J connectivity index is 1.34. The van der Waals surface area contributed by atoms with Crippen molar-refractivity contribution in [2.45, 2.75) is 26.3 Å². The summed E-state index contributed by atoms with van der Waals surface area (Å²) >= 11 is 1.53. The second-order valence-corrected chi connectivity index (χ2v) is 7.79. The van der Waals surface area contributed by atoms with Crippen molar-refractivity contribution < 1.29 is 14.0 Å². The van der Waals surface area contributed by atoms with E-state index in [0.717, 1.165) is 4.88 Å². The van der Waals surface area contributed by atoms with Gasteiger partial charge in [0.15, 0.2) is 0 Å². The van der Waals surface area contributed by atoms with Crippen LogP contribution in [-0.2, 0) is 16.0 Å². The number of carbonyl (C=O) groups is 2. The number of nitrogens with one attached hydrogen (secondary N) is 2. The number of rotatable bonds is 7. The lowest BCUT2D eigenvalue weighted by atomic mass is 10.2. The Morgan fingerprint density at radius 1 is 1.16 bits per heavy atom. The van der Waals surface area contributed by atoms with E-state index in [1.54, 1.807) is 38.1 Å². The molecule has 0 aliphatic heterocycles. The molecule has 0 radical (unpaired) electrons. The zero-order valence-electron chi connectivity index (χ0n) is 16.9. The number of carbonyl (C=O) groups excluding carboxylic acids is 2. The highest BCUT2D eigenvalue weighted by atomic mass is 32.1. The van der Waals surface area contributed by atoms with Crippen molar-refractivity contribution >= 4 is 34.5 Å². The fourth-order valence-corrected chi connectivity index (χ4v) is 3.53. The van der Waals surface area contributed by atoms with Gasteiger partial charge in [-0.25, -0.2) is 14.6 Å². The lowest BCUT2D eigenvalue weighted by Crippen LogP contribution is -2.24. The number of amides is 2. The van der Waals surface area contributed by atoms with Crippen LogP contribution < -0.4 is 10.6 Å². The van der Waals surface area contributed by atoms with Crippen molar-refractivity contribution in [2.75, 3.05) is 10.6 Å². The standard InChI is InChI=1S/C21H20N6O3S/c1-13(27-12-22-11-23-27)20(29)25-16-7-5-15(6-8-16)24-19(28)10-17-14(2)30-21(26-17)18-4-3-9-31-18/h3-9,11-13H,10H2,1-2H3,(H,24,28)(H,25,29). The van der Waals surface area contributed by atoms with Crippen molar-refractivity contribution in [3.63, 3.8) is 0 Å². The van der Waals surface area contributed by atoms with E-state index in [4.69, 9.17) is 4.42 Å². The van der Waals surface area contributed by atoms with Gasteiger partial charge in [-0.1, -0.05) is 6.07 Å². The Morgan fingerprint density at radius 3 is 2.55 bits per heavy atom. The molecule has 3 aromatic heterocycles. The van der Waals surface area contributed by atoms with Crippen molar-refractivity contribution in [3.05, 3.63) is 65.9 Å². The van der Waals surface area contributed by atoms with E-state index in [2.05, 4.69) is 25.7 Å². The van der Waals surface area contributed by atoms with Crippen molar-refractivity contribution in [2.24, 2.45) is 0 Å². The third-order valence-electron chi connectivity index (χ3n) is 4.60. The average Bonchev–Trinajstić information content (AvgIpc) is 3.51. The zero-order valence-corrected chi connectivity index (χ0v) is 17.7. The highest BCUT2D eigenvalue weighted by Crippen LogP contribution is 2.26. The van der Waals surface area contributed by atoms with Crippen LogP contribution in [0.2, 0.25) is 0 Å². The third-order valence-corrected chi connectivity index (χ3v) is 5.46. The molecule has 1 atom stereocenters. The SMILES string of the molecule is Cc1oc(-c2cccs2)nc1CC(=O)Nc1ccc(NC(=O)C(C)n2cncn2)cc1. The fraction of sp³-hybridized carbons (Fsp3) is 0.190. The van der Waals surface area contributed by atoms with E-state index >= 15 is 0 Å². The maximum absolute atomic E-state index is 12.4. The predicted octanol–water partition coefficient (Wildman–Crippen LogP) is 3.68. The summed E-state index contributed by atoms with van der Waals surface area (Å²) in [7, 11) is 0. The van der Waals surface area contributed by atoms with Gasteiger partial charge in [-0.05, 0) is 49.6 Å². The van der Waals surface area contributed by atoms with Crippen LogP contribution in [0.3, 0.4) is 0 Å². The second kappa shape index (κ2) is 8.92. The van der Waals surface area contributed by atoms with Gasteiger partial charge in [-0.2, -0.15) is 5.10 Å². The molecule has 0 saturated carbocycles. The van der Waals surface area contributed by atoms with Gasteiger partial charge in [0, 0.05) is 11.4 Å². The maximum atomic E-state index is 12.4. The molecule has 31 heavy (non-hydrogen) atoms. The summed E-state index contributed by atoms with van der Waals surface area (Å²) in [5.74, 6) is 0.727. The lowest BCUT2D eigenvalue weighted by Gasteiger charge is -2.12. The molecule has 3 heterocycles. The lowest BCUT2D eigenvalue weighted by molar-refractivity contribution is -0.119. The van der Waals surface area contributed by atoms with Crippen molar-refractivity contribution in [3.8, 4) is 10.8 Å². The third kappa shape index (κ3) is 4.86. The van der Waals surface area contributed by atoms with Gasteiger partial charge in [0.1, 0.15) is 24.5 Å². The van der Waals surface area contributed by atoms with E-state index in [9.17, 15) is 9.59 Å². The molecule has 9 nitrogen and oxygen atoms in total. The van der Waals surface area contributed by atoms with Crippen LogP contribution in [0.15, 0.2) is 58.9 Å². The number of oxazole rings is 1. The minimum absolute atomic E-state index is 0.106. The van der Waals surface area contributed by atoms with Gasteiger partial charge < -0.3 is 15.1 Å². The average molecular weight is 436 g/mol. The van der Waals surface area contributed by atoms with Gasteiger partial charge in [0.05, 0.1) is 17.0 Å². The summed E-state index contributed by atoms with van der Waals surface area (Å²) in [5.41, 5.74) is 1.83. The first-order valence-corrected chi connectivity index (χ1v) is 10.4. The molecule has 0 spiro atoms. The molecule has 2 amide bonds. The number of hydrogen-bond acceptors (Lipinski definition) is 7. The summed E-state index contributed by atoms with van der Waals surface area (Å²) in [4.78, 5) is 34.0. The Labute approximate surface area is 182 Å². The largest absolute Gasteiger partial charge is 0.440 e. The molecule has 4 aromatic rings. The van der Waals surface area contributed by atoms with Gasteiger partial charge in [0.2, 0.25) is 17.7 Å². The van der Waals surface area contributed by atoms with Gasteiger partial charge in [0.25, 0.3) is 0 Å². The first-order chi connectivity index (χ1) is 15.0. The first-order valence-electron chi connectivity index (χ1n) is 9.54. The zero-order chi connectivity index (χ0) is 21.8. The first kappa shape index (κ1) is 20.5. The second-order valence-electron chi connectivity index (χ2n) is 6.84. The molecule has 0 aliphatic carbocycles. The quantitative estimate of drug-likeness (QED) is 0.457. The van der Waals surface area contributed by atoms with E-state index < -0.39 is 6.04 Å². The van der Waals surface area contributed by atoms with Crippen molar-refractivity contribution in [1.29, 1.82) is 0 Å². The fourth-order valence-electron chi connectivity index (χ4n) is 2.88. The Bertz CT molecular complexity index is 1170. The summed E-state index contributed by atoms with van der Waals surface area (Å²) in [5, 5.41) is 11.6. The normalized spacial score (nSPS) is 11.8. The van der Waals surface area contributed by atoms with E-state index in [1.807, 2.05) is 17.5 Å². The Kier molecular flexibility index (Phi) is 5.89. The van der Waals surface area contributed by atoms with Crippen LogP contribution in [0.1, 0.15) is 24.4 Å². The number of aryl methyl sites for hydroxylation is 1. The molecular weight excluding hydrogens is 416 g/mol.